The van der Waals surface area contributed by atoms with E-state index in [1.54, 1.807) is 12.1 Å². The Hall–Kier alpha value is -2.82. The minimum Gasteiger partial charge on any atom is -0.449 e. The van der Waals surface area contributed by atoms with E-state index in [0.29, 0.717) is 11.4 Å². The molecule has 0 bridgehead atoms. The first-order chi connectivity index (χ1) is 14.1. The molecule has 4 rings (SSSR count). The molecule has 1 aliphatic rings. The van der Waals surface area contributed by atoms with E-state index in [2.05, 4.69) is 29.6 Å². The van der Waals surface area contributed by atoms with Gasteiger partial charge in [0.1, 0.15) is 6.61 Å². The first kappa shape index (κ1) is 19.5. The van der Waals surface area contributed by atoms with Crippen molar-refractivity contribution in [1.82, 2.24) is 5.32 Å². The van der Waals surface area contributed by atoms with Crippen molar-refractivity contribution >= 4 is 17.7 Å². The molecule has 1 unspecified atom stereocenters. The highest BCUT2D eigenvalue weighted by molar-refractivity contribution is 6.30. The Bertz CT molecular complexity index is 975. The van der Waals surface area contributed by atoms with Gasteiger partial charge in [0.25, 0.3) is 0 Å². The maximum absolute atomic E-state index is 12.2. The molecule has 148 valence electrons. The van der Waals surface area contributed by atoms with Crippen molar-refractivity contribution < 1.29 is 14.6 Å². The zero-order valence-electron chi connectivity index (χ0n) is 15.8. The summed E-state index contributed by atoms with van der Waals surface area (Å²) >= 11 is 5.96. The molecule has 3 aromatic rings. The zero-order valence-corrected chi connectivity index (χ0v) is 16.6. The molecule has 0 fully saturated rings. The molecule has 0 radical (unpaired) electrons. The quantitative estimate of drug-likeness (QED) is 0.618. The van der Waals surface area contributed by atoms with Crippen molar-refractivity contribution in [2.75, 3.05) is 13.2 Å². The predicted molar refractivity (Wildman–Crippen MR) is 114 cm³/mol. The number of carbonyl (C=O) groups is 1. The fourth-order valence-electron chi connectivity index (χ4n) is 3.86. The number of rotatable bonds is 6. The monoisotopic (exact) mass is 407 g/mol. The molecule has 1 atom stereocenters. The Morgan fingerprint density at radius 2 is 1.66 bits per heavy atom. The van der Waals surface area contributed by atoms with Crippen LogP contribution in [0.3, 0.4) is 0 Å². The lowest BCUT2D eigenvalue weighted by molar-refractivity contribution is 0.128. The van der Waals surface area contributed by atoms with Crippen LogP contribution in [0.15, 0.2) is 72.8 Å². The molecule has 0 spiro atoms. The highest BCUT2D eigenvalue weighted by atomic mass is 35.5. The van der Waals surface area contributed by atoms with E-state index < -0.39 is 12.2 Å². The van der Waals surface area contributed by atoms with Gasteiger partial charge in [0.05, 0.1) is 6.10 Å². The normalized spacial score (nSPS) is 13.4. The summed E-state index contributed by atoms with van der Waals surface area (Å²) in [6.45, 7) is 0.368. The van der Waals surface area contributed by atoms with Crippen LogP contribution in [-0.2, 0) is 11.2 Å². The largest absolute Gasteiger partial charge is 0.449 e. The number of alkyl carbamates (subject to hydrolysis) is 1. The average Bonchev–Trinajstić information content (AvgIpc) is 3.05. The van der Waals surface area contributed by atoms with Crippen LogP contribution in [0.25, 0.3) is 11.1 Å². The third-order valence-electron chi connectivity index (χ3n) is 5.19. The first-order valence-corrected chi connectivity index (χ1v) is 10.0. The number of fused-ring (bicyclic) bond motifs is 3. The van der Waals surface area contributed by atoms with Crippen LogP contribution in [0, 0.1) is 0 Å². The van der Waals surface area contributed by atoms with Gasteiger partial charge in [-0.3, -0.25) is 0 Å². The smallest absolute Gasteiger partial charge is 0.407 e. The van der Waals surface area contributed by atoms with Gasteiger partial charge in [0, 0.05) is 23.9 Å². The number of halogens is 1. The summed E-state index contributed by atoms with van der Waals surface area (Å²) in [4.78, 5) is 12.2. The lowest BCUT2D eigenvalue weighted by Gasteiger charge is -2.16. The number of aliphatic hydroxyl groups excluding tert-OH is 1. The van der Waals surface area contributed by atoms with E-state index in [0.717, 1.165) is 5.56 Å². The third kappa shape index (κ3) is 4.44. The lowest BCUT2D eigenvalue weighted by atomic mass is 9.98. The molecule has 0 aliphatic heterocycles. The van der Waals surface area contributed by atoms with Gasteiger partial charge in [-0.25, -0.2) is 4.79 Å². The van der Waals surface area contributed by atoms with Gasteiger partial charge in [-0.2, -0.15) is 0 Å². The van der Waals surface area contributed by atoms with E-state index in [-0.39, 0.29) is 19.1 Å². The van der Waals surface area contributed by atoms with Gasteiger partial charge in [0.2, 0.25) is 0 Å². The lowest BCUT2D eigenvalue weighted by Crippen LogP contribution is -2.34. The summed E-state index contributed by atoms with van der Waals surface area (Å²) in [6, 6.07) is 23.7. The molecule has 0 aromatic heterocycles. The van der Waals surface area contributed by atoms with Gasteiger partial charge in [-0.1, -0.05) is 72.3 Å². The van der Waals surface area contributed by atoms with Crippen molar-refractivity contribution in [3.05, 3.63) is 94.5 Å². The maximum atomic E-state index is 12.2. The van der Waals surface area contributed by atoms with Crippen molar-refractivity contribution in [2.24, 2.45) is 0 Å². The second-order valence-electron chi connectivity index (χ2n) is 7.19. The summed E-state index contributed by atoms with van der Waals surface area (Å²) in [5, 5.41) is 13.4. The number of nitrogens with one attached hydrogen (secondary N) is 1. The van der Waals surface area contributed by atoms with Gasteiger partial charge in [-0.15, -0.1) is 0 Å². The van der Waals surface area contributed by atoms with Gasteiger partial charge in [-0.05, 0) is 39.9 Å². The summed E-state index contributed by atoms with van der Waals surface area (Å²) in [5.74, 6) is 0.0181. The molecule has 1 aliphatic carbocycles. The molecule has 5 heteroatoms. The van der Waals surface area contributed by atoms with E-state index in [4.69, 9.17) is 16.3 Å². The zero-order chi connectivity index (χ0) is 20.2. The Morgan fingerprint density at radius 1 is 1.00 bits per heavy atom. The summed E-state index contributed by atoms with van der Waals surface area (Å²) in [5.41, 5.74) is 5.63. The summed E-state index contributed by atoms with van der Waals surface area (Å²) < 4.78 is 5.48. The first-order valence-electron chi connectivity index (χ1n) is 9.63. The van der Waals surface area contributed by atoms with Crippen LogP contribution in [0.5, 0.6) is 0 Å². The van der Waals surface area contributed by atoms with Gasteiger partial charge in [0.15, 0.2) is 0 Å². The maximum Gasteiger partial charge on any atom is 0.407 e. The SMILES string of the molecule is O=C(NCC(O)Cc1cccc(Cl)c1)OCC1c2ccccc2-c2ccccc21. The minimum absolute atomic E-state index is 0.0181. The molecule has 1 amide bonds. The van der Waals surface area contributed by atoms with Gasteiger partial charge >= 0.3 is 6.09 Å². The second kappa shape index (κ2) is 8.68. The van der Waals surface area contributed by atoms with E-state index in [1.807, 2.05) is 36.4 Å². The number of aliphatic hydroxyl groups is 1. The van der Waals surface area contributed by atoms with Gasteiger partial charge < -0.3 is 15.2 Å². The molecular weight excluding hydrogens is 386 g/mol. The van der Waals surface area contributed by atoms with Crippen LogP contribution in [0.4, 0.5) is 4.79 Å². The number of ether oxygens (including phenoxy) is 1. The molecule has 0 heterocycles. The predicted octanol–water partition coefficient (Wildman–Crippen LogP) is 4.78. The fourth-order valence-corrected chi connectivity index (χ4v) is 4.07. The molecule has 3 aromatic carbocycles. The summed E-state index contributed by atoms with van der Waals surface area (Å²) in [7, 11) is 0. The minimum atomic E-state index is -0.714. The standard InChI is InChI=1S/C24H22ClNO3/c25-17-7-5-6-16(12-17)13-18(27)14-26-24(28)29-15-23-21-10-3-1-8-19(21)20-9-2-4-11-22(20)23/h1-12,18,23,27H,13-15H2,(H,26,28). The molecule has 0 saturated carbocycles. The van der Waals surface area contributed by atoms with Crippen molar-refractivity contribution in [1.29, 1.82) is 0 Å². The van der Waals surface area contributed by atoms with Crippen LogP contribution in [0.2, 0.25) is 5.02 Å². The Balaban J connectivity index is 1.32. The van der Waals surface area contributed by atoms with E-state index in [1.165, 1.54) is 22.3 Å². The highest BCUT2D eigenvalue weighted by Gasteiger charge is 2.29. The van der Waals surface area contributed by atoms with Crippen LogP contribution < -0.4 is 5.32 Å². The number of benzene rings is 3. The number of amides is 1. The molecule has 0 saturated heterocycles. The Morgan fingerprint density at radius 3 is 2.31 bits per heavy atom. The summed E-state index contributed by atoms with van der Waals surface area (Å²) in [6.07, 6.45) is -0.838. The molecule has 4 nitrogen and oxygen atoms in total. The molecule has 29 heavy (non-hydrogen) atoms. The molecule has 2 N–H and O–H groups in total. The Labute approximate surface area is 175 Å². The number of carbonyl (C=O) groups excluding carboxylic acids is 1. The fraction of sp³-hybridized carbons (Fsp3) is 0.208. The highest BCUT2D eigenvalue weighted by Crippen LogP contribution is 2.44. The van der Waals surface area contributed by atoms with Crippen molar-refractivity contribution in [3.63, 3.8) is 0 Å². The van der Waals surface area contributed by atoms with Crippen LogP contribution in [0.1, 0.15) is 22.6 Å². The molecular formula is C24H22ClNO3. The van der Waals surface area contributed by atoms with E-state index >= 15 is 0 Å². The van der Waals surface area contributed by atoms with Crippen molar-refractivity contribution in [3.8, 4) is 11.1 Å². The third-order valence-corrected chi connectivity index (χ3v) is 5.42. The van der Waals surface area contributed by atoms with Crippen molar-refractivity contribution in [2.45, 2.75) is 18.4 Å². The topological polar surface area (TPSA) is 58.6 Å². The number of hydrogen-bond acceptors (Lipinski definition) is 3. The van der Waals surface area contributed by atoms with Crippen LogP contribution >= 0.6 is 11.6 Å². The van der Waals surface area contributed by atoms with E-state index in [9.17, 15) is 9.90 Å². The Kier molecular flexibility index (Phi) is 5.84. The average molecular weight is 408 g/mol. The van der Waals surface area contributed by atoms with Crippen LogP contribution in [-0.4, -0.2) is 30.5 Å². The number of hydrogen-bond donors (Lipinski definition) is 2. The second-order valence-corrected chi connectivity index (χ2v) is 7.63.